The number of hydrogen-bond donors (Lipinski definition) is 1. The van der Waals surface area contributed by atoms with Crippen LogP contribution in [0.2, 0.25) is 0 Å². The molecule has 136 valence electrons. The molecule has 0 saturated carbocycles. The fourth-order valence-corrected chi connectivity index (χ4v) is 3.64. The molecular formula is C19H24N6O. The van der Waals surface area contributed by atoms with Crippen LogP contribution in [-0.4, -0.2) is 50.3 Å². The van der Waals surface area contributed by atoms with Crippen LogP contribution in [0.4, 0.5) is 5.82 Å². The first-order valence-corrected chi connectivity index (χ1v) is 8.86. The molecule has 7 nitrogen and oxygen atoms in total. The van der Waals surface area contributed by atoms with Crippen molar-refractivity contribution in [2.24, 2.45) is 0 Å². The molecule has 0 bridgehead atoms. The maximum Gasteiger partial charge on any atom is 0.145 e. The average Bonchev–Trinajstić information content (AvgIpc) is 3.38. The van der Waals surface area contributed by atoms with E-state index in [1.807, 2.05) is 33.9 Å². The van der Waals surface area contributed by atoms with Gasteiger partial charge in [0, 0.05) is 44.8 Å². The van der Waals surface area contributed by atoms with Gasteiger partial charge in [-0.2, -0.15) is 10.2 Å². The second kappa shape index (κ2) is 7.31. The Balaban J connectivity index is 1.50. The first-order valence-electron chi connectivity index (χ1n) is 8.86. The van der Waals surface area contributed by atoms with Crippen molar-refractivity contribution in [3.8, 4) is 5.69 Å². The quantitative estimate of drug-likeness (QED) is 0.734. The van der Waals surface area contributed by atoms with Gasteiger partial charge in [-0.25, -0.2) is 4.68 Å². The summed E-state index contributed by atoms with van der Waals surface area (Å²) in [5.74, 6) is 0.560. The van der Waals surface area contributed by atoms with Crippen LogP contribution in [-0.2, 0) is 17.8 Å². The number of ether oxygens (including phenoxy) is 1. The number of nitrogen functional groups attached to an aromatic ring is 1. The summed E-state index contributed by atoms with van der Waals surface area (Å²) >= 11 is 0. The number of nitrogens with zero attached hydrogens (tertiary/aromatic N) is 5. The van der Waals surface area contributed by atoms with E-state index in [1.165, 1.54) is 5.56 Å². The van der Waals surface area contributed by atoms with Gasteiger partial charge in [0.25, 0.3) is 0 Å². The van der Waals surface area contributed by atoms with Gasteiger partial charge >= 0.3 is 0 Å². The number of nitrogens with two attached hydrogens (primary N) is 1. The highest BCUT2D eigenvalue weighted by Crippen LogP contribution is 2.24. The van der Waals surface area contributed by atoms with Crippen molar-refractivity contribution in [2.75, 3.05) is 19.4 Å². The standard InChI is InChI=1S/C19H24N6O/c1-26-18-11-17(13-24-9-6-19(20)22-24)23(14-18)12-15-4-2-5-16(10-15)25-8-3-7-21-25/h2-10,17-18H,11-14H2,1H3,(H2,20,22)/t17-,18-/m0/s1. The second-order valence-corrected chi connectivity index (χ2v) is 6.76. The maximum atomic E-state index is 5.75. The fraction of sp³-hybridized carbons (Fsp3) is 0.368. The van der Waals surface area contributed by atoms with Gasteiger partial charge in [0.15, 0.2) is 0 Å². The summed E-state index contributed by atoms with van der Waals surface area (Å²) in [6.07, 6.45) is 6.94. The van der Waals surface area contributed by atoms with E-state index in [1.54, 1.807) is 13.3 Å². The lowest BCUT2D eigenvalue weighted by atomic mass is 10.1. The van der Waals surface area contributed by atoms with Crippen molar-refractivity contribution in [1.82, 2.24) is 24.5 Å². The zero-order valence-electron chi connectivity index (χ0n) is 14.9. The van der Waals surface area contributed by atoms with Gasteiger partial charge in [0.2, 0.25) is 0 Å². The lowest BCUT2D eigenvalue weighted by molar-refractivity contribution is 0.107. The molecule has 3 aromatic rings. The van der Waals surface area contributed by atoms with E-state index in [2.05, 4.69) is 39.4 Å². The summed E-state index contributed by atoms with van der Waals surface area (Å²) in [5.41, 5.74) is 8.09. The lowest BCUT2D eigenvalue weighted by Gasteiger charge is -2.24. The minimum Gasteiger partial charge on any atom is -0.382 e. The van der Waals surface area contributed by atoms with Gasteiger partial charge in [-0.05, 0) is 36.2 Å². The molecule has 0 spiro atoms. The van der Waals surface area contributed by atoms with Crippen LogP contribution >= 0.6 is 0 Å². The van der Waals surface area contributed by atoms with Crippen LogP contribution < -0.4 is 5.73 Å². The molecule has 26 heavy (non-hydrogen) atoms. The molecule has 0 aliphatic carbocycles. The molecule has 1 aliphatic rings. The molecular weight excluding hydrogens is 328 g/mol. The van der Waals surface area contributed by atoms with Crippen molar-refractivity contribution in [1.29, 1.82) is 0 Å². The van der Waals surface area contributed by atoms with Crippen molar-refractivity contribution < 1.29 is 4.74 Å². The minimum absolute atomic E-state index is 0.252. The van der Waals surface area contributed by atoms with Crippen molar-refractivity contribution >= 4 is 5.82 Å². The number of benzene rings is 1. The predicted octanol–water partition coefficient (Wildman–Crippen LogP) is 1.94. The largest absolute Gasteiger partial charge is 0.382 e. The molecule has 1 fully saturated rings. The van der Waals surface area contributed by atoms with Gasteiger partial charge in [-0.3, -0.25) is 9.58 Å². The molecule has 0 radical (unpaired) electrons. The molecule has 2 atom stereocenters. The van der Waals surface area contributed by atoms with Gasteiger partial charge in [0.05, 0.1) is 18.3 Å². The Kier molecular flexibility index (Phi) is 4.73. The Bertz CT molecular complexity index is 843. The first-order chi connectivity index (χ1) is 12.7. The SMILES string of the molecule is CO[C@H]1C[C@@H](Cn2ccc(N)n2)N(Cc2cccc(-n3cccn3)c2)C1. The van der Waals surface area contributed by atoms with Crippen molar-refractivity contribution in [3.63, 3.8) is 0 Å². The van der Waals surface area contributed by atoms with Crippen LogP contribution in [0, 0.1) is 0 Å². The van der Waals surface area contributed by atoms with Crippen molar-refractivity contribution in [3.05, 3.63) is 60.6 Å². The van der Waals surface area contributed by atoms with Crippen LogP contribution in [0.15, 0.2) is 55.0 Å². The van der Waals surface area contributed by atoms with Crippen LogP contribution in [0.5, 0.6) is 0 Å². The van der Waals surface area contributed by atoms with Crippen LogP contribution in [0.1, 0.15) is 12.0 Å². The van der Waals surface area contributed by atoms with Crippen molar-refractivity contribution in [2.45, 2.75) is 31.7 Å². The lowest BCUT2D eigenvalue weighted by Crippen LogP contribution is -2.33. The van der Waals surface area contributed by atoms with E-state index in [0.29, 0.717) is 11.9 Å². The number of rotatable bonds is 6. The third-order valence-corrected chi connectivity index (χ3v) is 4.95. The zero-order chi connectivity index (χ0) is 17.9. The molecule has 0 unspecified atom stereocenters. The number of methoxy groups -OCH3 is 1. The predicted molar refractivity (Wildman–Crippen MR) is 99.8 cm³/mol. The summed E-state index contributed by atoms with van der Waals surface area (Å²) < 4.78 is 9.43. The third kappa shape index (κ3) is 3.63. The Morgan fingerprint density at radius 2 is 2.15 bits per heavy atom. The highest BCUT2D eigenvalue weighted by molar-refractivity contribution is 5.35. The summed E-state index contributed by atoms with van der Waals surface area (Å²) in [7, 11) is 1.79. The fourth-order valence-electron chi connectivity index (χ4n) is 3.64. The zero-order valence-corrected chi connectivity index (χ0v) is 14.9. The molecule has 1 aliphatic heterocycles. The summed E-state index contributed by atoms with van der Waals surface area (Å²) in [4.78, 5) is 2.47. The Labute approximate surface area is 153 Å². The second-order valence-electron chi connectivity index (χ2n) is 6.76. The van der Waals surface area contributed by atoms with E-state index >= 15 is 0 Å². The number of aromatic nitrogens is 4. The molecule has 1 aromatic carbocycles. The minimum atomic E-state index is 0.252. The average molecular weight is 352 g/mol. The van der Waals surface area contributed by atoms with E-state index < -0.39 is 0 Å². The molecule has 1 saturated heterocycles. The summed E-state index contributed by atoms with van der Waals surface area (Å²) in [6.45, 7) is 2.61. The number of likely N-dealkylation sites (tertiary alicyclic amines) is 1. The van der Waals surface area contributed by atoms with Gasteiger partial charge in [-0.15, -0.1) is 0 Å². The molecule has 3 heterocycles. The van der Waals surface area contributed by atoms with E-state index in [9.17, 15) is 0 Å². The smallest absolute Gasteiger partial charge is 0.145 e. The Morgan fingerprint density at radius 3 is 2.88 bits per heavy atom. The van der Waals surface area contributed by atoms with Gasteiger partial charge in [0.1, 0.15) is 5.82 Å². The maximum absolute atomic E-state index is 5.75. The molecule has 2 N–H and O–H groups in total. The van der Waals surface area contributed by atoms with E-state index in [-0.39, 0.29) is 6.10 Å². The molecule has 2 aromatic heterocycles. The monoisotopic (exact) mass is 352 g/mol. The summed E-state index contributed by atoms with van der Waals surface area (Å²) in [6, 6.07) is 12.6. The van der Waals surface area contributed by atoms with Crippen LogP contribution in [0.3, 0.4) is 0 Å². The normalized spacial score (nSPS) is 20.7. The number of anilines is 1. The highest BCUT2D eigenvalue weighted by atomic mass is 16.5. The van der Waals surface area contributed by atoms with Crippen LogP contribution in [0.25, 0.3) is 5.69 Å². The van der Waals surface area contributed by atoms with E-state index in [4.69, 9.17) is 10.5 Å². The highest BCUT2D eigenvalue weighted by Gasteiger charge is 2.32. The Morgan fingerprint density at radius 1 is 1.23 bits per heavy atom. The van der Waals surface area contributed by atoms with Gasteiger partial charge in [-0.1, -0.05) is 12.1 Å². The Hall–Kier alpha value is -2.64. The first kappa shape index (κ1) is 16.8. The summed E-state index contributed by atoms with van der Waals surface area (Å²) in [5, 5.41) is 8.65. The topological polar surface area (TPSA) is 74.1 Å². The molecule has 7 heteroatoms. The number of hydrogen-bond acceptors (Lipinski definition) is 5. The molecule has 0 amide bonds. The molecule has 4 rings (SSSR count). The van der Waals surface area contributed by atoms with E-state index in [0.717, 1.165) is 31.7 Å². The van der Waals surface area contributed by atoms with Gasteiger partial charge < -0.3 is 10.5 Å². The third-order valence-electron chi connectivity index (χ3n) is 4.95.